The molecule has 138 valence electrons. The van der Waals surface area contributed by atoms with Crippen LogP contribution in [-0.2, 0) is 4.79 Å². The molecule has 0 unspecified atom stereocenters. The van der Waals surface area contributed by atoms with Crippen molar-refractivity contribution >= 4 is 35.0 Å². The molecule has 0 aromatic carbocycles. The average Bonchev–Trinajstić information content (AvgIpc) is 2.62. The van der Waals surface area contributed by atoms with E-state index in [0.717, 1.165) is 16.8 Å². The maximum Gasteiger partial charge on any atom is 0.222 e. The van der Waals surface area contributed by atoms with Gasteiger partial charge in [0.05, 0.1) is 22.6 Å². The maximum absolute atomic E-state index is 13.2. The van der Waals surface area contributed by atoms with E-state index < -0.39 is 5.82 Å². The minimum atomic E-state index is -0.416. The first kappa shape index (κ1) is 18.8. The number of anilines is 3. The number of amides is 1. The summed E-state index contributed by atoms with van der Waals surface area (Å²) >= 11 is 1.55. The topological polar surface area (TPSA) is 79.8 Å². The smallest absolute Gasteiger partial charge is 0.222 e. The molecule has 0 atom stereocenters. The predicted octanol–water partition coefficient (Wildman–Crippen LogP) is 4.41. The summed E-state index contributed by atoms with van der Waals surface area (Å²) in [4.78, 5) is 24.3. The van der Waals surface area contributed by atoms with Gasteiger partial charge in [-0.2, -0.15) is 0 Å². The van der Waals surface area contributed by atoms with Crippen molar-refractivity contribution in [2.24, 2.45) is 0 Å². The van der Waals surface area contributed by atoms with Crippen LogP contribution in [0.4, 0.5) is 21.7 Å². The lowest BCUT2D eigenvalue weighted by atomic mass is 10.1. The van der Waals surface area contributed by atoms with Crippen LogP contribution in [0.2, 0.25) is 0 Å². The van der Waals surface area contributed by atoms with Crippen molar-refractivity contribution in [1.82, 2.24) is 15.0 Å². The van der Waals surface area contributed by atoms with Gasteiger partial charge in [-0.1, -0.05) is 0 Å². The van der Waals surface area contributed by atoms with E-state index in [4.69, 9.17) is 0 Å². The second kappa shape index (κ2) is 8.13. The Morgan fingerprint density at radius 2 is 1.93 bits per heavy atom. The fraction of sp³-hybridized carbons (Fsp3) is 0.158. The lowest BCUT2D eigenvalue weighted by molar-refractivity contribution is -0.114. The molecule has 0 radical (unpaired) electrons. The lowest BCUT2D eigenvalue weighted by Crippen LogP contribution is -2.08. The van der Waals surface area contributed by atoms with E-state index in [-0.39, 0.29) is 5.91 Å². The summed E-state index contributed by atoms with van der Waals surface area (Å²) in [5, 5.41) is 6.81. The van der Waals surface area contributed by atoms with Gasteiger partial charge in [-0.25, -0.2) is 14.4 Å². The average molecular weight is 383 g/mol. The van der Waals surface area contributed by atoms with Crippen LogP contribution in [0.3, 0.4) is 0 Å². The number of nitrogens with zero attached hydrogens (tertiary/aromatic N) is 3. The molecule has 3 heterocycles. The summed E-state index contributed by atoms with van der Waals surface area (Å²) < 4.78 is 13.2. The van der Waals surface area contributed by atoms with E-state index in [1.54, 1.807) is 30.1 Å². The lowest BCUT2D eigenvalue weighted by Gasteiger charge is -2.14. The van der Waals surface area contributed by atoms with E-state index in [1.165, 1.54) is 13.0 Å². The van der Waals surface area contributed by atoms with Gasteiger partial charge in [0.1, 0.15) is 17.5 Å². The third-order valence-electron chi connectivity index (χ3n) is 3.63. The summed E-state index contributed by atoms with van der Waals surface area (Å²) in [6.45, 7) is 3.40. The molecule has 0 aliphatic heterocycles. The summed E-state index contributed by atoms with van der Waals surface area (Å²) in [6.07, 6.45) is 4.69. The van der Waals surface area contributed by atoms with Crippen molar-refractivity contribution in [2.75, 3.05) is 16.9 Å². The molecule has 6 nitrogen and oxygen atoms in total. The molecule has 0 aliphatic rings. The van der Waals surface area contributed by atoms with Crippen LogP contribution >= 0.6 is 11.8 Å². The highest BCUT2D eigenvalue weighted by Gasteiger charge is 2.12. The number of aryl methyl sites for hydroxylation is 1. The number of carbonyl (C=O) groups excluding carboxylic acids is 1. The molecule has 27 heavy (non-hydrogen) atoms. The molecule has 8 heteroatoms. The number of aromatic nitrogens is 3. The molecule has 1 amide bonds. The summed E-state index contributed by atoms with van der Waals surface area (Å²) in [5.41, 5.74) is 2.93. The van der Waals surface area contributed by atoms with Gasteiger partial charge < -0.3 is 10.6 Å². The molecule has 0 saturated carbocycles. The van der Waals surface area contributed by atoms with Crippen LogP contribution in [0.25, 0.3) is 11.3 Å². The Kier molecular flexibility index (Phi) is 5.66. The Morgan fingerprint density at radius 3 is 2.59 bits per heavy atom. The van der Waals surface area contributed by atoms with Gasteiger partial charge in [-0.05, 0) is 43.0 Å². The Hall–Kier alpha value is -3.00. The van der Waals surface area contributed by atoms with Gasteiger partial charge in [0.2, 0.25) is 5.91 Å². The molecular formula is C19H18FN5OS. The highest BCUT2D eigenvalue weighted by atomic mass is 32.2. The zero-order chi connectivity index (χ0) is 19.4. The summed E-state index contributed by atoms with van der Waals surface area (Å²) in [7, 11) is 0. The summed E-state index contributed by atoms with van der Waals surface area (Å²) in [5.74, 6) is 0.414. The minimum absolute atomic E-state index is 0.223. The number of thioether (sulfide) groups is 1. The van der Waals surface area contributed by atoms with Gasteiger partial charge in [0.25, 0.3) is 0 Å². The molecule has 3 aromatic heterocycles. The van der Waals surface area contributed by atoms with Crippen molar-refractivity contribution < 1.29 is 9.18 Å². The van der Waals surface area contributed by atoms with Crippen molar-refractivity contribution in [1.29, 1.82) is 0 Å². The van der Waals surface area contributed by atoms with E-state index >= 15 is 0 Å². The zero-order valence-corrected chi connectivity index (χ0v) is 15.9. The first-order valence-corrected chi connectivity index (χ1v) is 9.36. The van der Waals surface area contributed by atoms with Gasteiger partial charge in [-0.15, -0.1) is 11.8 Å². The van der Waals surface area contributed by atoms with E-state index in [1.807, 2.05) is 25.3 Å². The first-order valence-electron chi connectivity index (χ1n) is 8.14. The fourth-order valence-corrected chi connectivity index (χ4v) is 2.98. The Morgan fingerprint density at radius 1 is 1.11 bits per heavy atom. The molecule has 0 saturated heterocycles. The Balaban J connectivity index is 2.05. The number of rotatable bonds is 5. The van der Waals surface area contributed by atoms with Gasteiger partial charge in [-0.3, -0.25) is 9.78 Å². The first-order chi connectivity index (χ1) is 12.9. The van der Waals surface area contributed by atoms with Crippen molar-refractivity contribution in [3.05, 3.63) is 54.1 Å². The number of nitrogens with one attached hydrogen (secondary N) is 2. The number of pyridine rings is 3. The largest absolute Gasteiger partial charge is 0.339 e. The van der Waals surface area contributed by atoms with Crippen molar-refractivity contribution in [3.63, 3.8) is 0 Å². The zero-order valence-electron chi connectivity index (χ0n) is 15.1. The van der Waals surface area contributed by atoms with Gasteiger partial charge in [0.15, 0.2) is 0 Å². The molecule has 0 bridgehead atoms. The maximum atomic E-state index is 13.2. The van der Waals surface area contributed by atoms with Crippen LogP contribution in [-0.4, -0.2) is 27.1 Å². The van der Waals surface area contributed by atoms with Crippen molar-refractivity contribution in [3.8, 4) is 11.3 Å². The van der Waals surface area contributed by atoms with E-state index in [9.17, 15) is 9.18 Å². The number of halogens is 1. The molecule has 0 fully saturated rings. The van der Waals surface area contributed by atoms with Gasteiger partial charge in [0, 0.05) is 24.8 Å². The standard InChI is InChI=1S/C19H18FN5OS/c1-11-6-18(25-19(7-11)27-3)24-16-8-17(23-12(2)26)22-10-14(16)15-5-4-13(20)9-21-15/h4-10H,1-3H3,(H2,22,23,24,25,26). The van der Waals surface area contributed by atoms with E-state index in [2.05, 4.69) is 25.6 Å². The number of hydrogen-bond donors (Lipinski definition) is 2. The van der Waals surface area contributed by atoms with Crippen LogP contribution in [0.15, 0.2) is 47.8 Å². The fourth-order valence-electron chi connectivity index (χ4n) is 2.49. The molecule has 3 aromatic rings. The predicted molar refractivity (Wildman–Crippen MR) is 106 cm³/mol. The van der Waals surface area contributed by atoms with Crippen LogP contribution in [0.1, 0.15) is 12.5 Å². The van der Waals surface area contributed by atoms with Crippen LogP contribution in [0.5, 0.6) is 0 Å². The van der Waals surface area contributed by atoms with Crippen LogP contribution < -0.4 is 10.6 Å². The molecule has 2 N–H and O–H groups in total. The van der Waals surface area contributed by atoms with Crippen LogP contribution in [0, 0.1) is 12.7 Å². The molecule has 0 aliphatic carbocycles. The quantitative estimate of drug-likeness (QED) is 0.635. The number of carbonyl (C=O) groups is 1. The highest BCUT2D eigenvalue weighted by Crippen LogP contribution is 2.31. The molecule has 3 rings (SSSR count). The molecule has 0 spiro atoms. The Bertz CT molecular complexity index is 978. The second-order valence-electron chi connectivity index (χ2n) is 5.86. The second-order valence-corrected chi connectivity index (χ2v) is 6.68. The monoisotopic (exact) mass is 383 g/mol. The molecular weight excluding hydrogens is 365 g/mol. The third kappa shape index (κ3) is 4.79. The van der Waals surface area contributed by atoms with Crippen molar-refractivity contribution in [2.45, 2.75) is 18.9 Å². The Labute approximate surface area is 160 Å². The van der Waals surface area contributed by atoms with Gasteiger partial charge >= 0.3 is 0 Å². The third-order valence-corrected chi connectivity index (χ3v) is 4.26. The number of hydrogen-bond acceptors (Lipinski definition) is 6. The highest BCUT2D eigenvalue weighted by molar-refractivity contribution is 7.98. The summed E-state index contributed by atoms with van der Waals surface area (Å²) in [6, 6.07) is 8.52. The SMILES string of the molecule is CSc1cc(C)cc(Nc2cc(NC(C)=O)ncc2-c2ccc(F)cn2)n1. The van der Waals surface area contributed by atoms with E-state index in [0.29, 0.717) is 28.6 Å². The normalized spacial score (nSPS) is 10.5. The minimum Gasteiger partial charge on any atom is -0.339 e.